The highest BCUT2D eigenvalue weighted by Crippen LogP contribution is 2.36. The largest absolute Gasteiger partial charge is 0.376 e. The molecule has 2 saturated heterocycles. The number of nitrogens with one attached hydrogen (secondary N) is 1. The van der Waals surface area contributed by atoms with E-state index in [1.54, 1.807) is 6.07 Å². The Morgan fingerprint density at radius 1 is 1.27 bits per heavy atom. The number of piperazine rings is 1. The van der Waals surface area contributed by atoms with E-state index < -0.39 is 5.82 Å². The van der Waals surface area contributed by atoms with Crippen LogP contribution < -0.4 is 5.32 Å². The Bertz CT molecular complexity index is 845. The Morgan fingerprint density at radius 3 is 2.77 bits per heavy atom. The number of rotatable bonds is 5. The third kappa shape index (κ3) is 4.75. The van der Waals surface area contributed by atoms with Crippen LogP contribution in [0.25, 0.3) is 5.57 Å². The van der Waals surface area contributed by atoms with Gasteiger partial charge in [-0.3, -0.25) is 0 Å². The summed E-state index contributed by atoms with van der Waals surface area (Å²) in [6.07, 6.45) is 6.80. The summed E-state index contributed by atoms with van der Waals surface area (Å²) in [4.78, 5) is 4.89. The first-order chi connectivity index (χ1) is 14.7. The van der Waals surface area contributed by atoms with Crippen LogP contribution in [0.4, 0.5) is 4.39 Å². The van der Waals surface area contributed by atoms with Gasteiger partial charge in [-0.1, -0.05) is 25.1 Å². The first-order valence-corrected chi connectivity index (χ1v) is 11.1. The van der Waals surface area contributed by atoms with E-state index in [0.29, 0.717) is 5.92 Å². The molecule has 0 saturated carbocycles. The van der Waals surface area contributed by atoms with Crippen LogP contribution in [0.2, 0.25) is 0 Å². The highest BCUT2D eigenvalue weighted by atomic mass is 19.1. The van der Waals surface area contributed by atoms with Crippen molar-refractivity contribution in [2.75, 3.05) is 52.4 Å². The standard InChI is InChI=1S/C24H31FN4O/c1-2-28-8-10-29(11-9-28)24-6-3-18(13-21-17-27-7-12-30-21)14-22(24)19-4-5-20(16-26)23(25)15-19/h4-6,14-15,18,21,27H,2-3,7-13,17H2,1H3. The minimum Gasteiger partial charge on any atom is -0.376 e. The third-order valence-electron chi connectivity index (χ3n) is 6.42. The second-order valence-electron chi connectivity index (χ2n) is 8.33. The molecule has 3 aliphatic rings. The summed E-state index contributed by atoms with van der Waals surface area (Å²) in [6.45, 7) is 9.91. The lowest BCUT2D eigenvalue weighted by Gasteiger charge is -2.39. The molecule has 2 atom stereocenters. The van der Waals surface area contributed by atoms with E-state index in [2.05, 4.69) is 34.2 Å². The normalized spacial score (nSPS) is 25.4. The average molecular weight is 411 g/mol. The van der Waals surface area contributed by atoms with Crippen LogP contribution >= 0.6 is 0 Å². The van der Waals surface area contributed by atoms with E-state index in [1.165, 1.54) is 11.8 Å². The summed E-state index contributed by atoms with van der Waals surface area (Å²) < 4.78 is 20.3. The van der Waals surface area contributed by atoms with Gasteiger partial charge in [0.1, 0.15) is 11.9 Å². The van der Waals surface area contributed by atoms with Crippen LogP contribution in [0.3, 0.4) is 0 Å². The molecule has 2 fully saturated rings. The molecule has 2 heterocycles. The second-order valence-corrected chi connectivity index (χ2v) is 8.33. The number of nitriles is 1. The molecule has 2 unspecified atom stereocenters. The molecule has 6 heteroatoms. The molecule has 0 spiro atoms. The van der Waals surface area contributed by atoms with Gasteiger partial charge in [-0.05, 0) is 43.0 Å². The molecule has 0 amide bonds. The minimum atomic E-state index is -0.451. The van der Waals surface area contributed by atoms with Gasteiger partial charge in [0.2, 0.25) is 0 Å². The zero-order valence-electron chi connectivity index (χ0n) is 17.7. The van der Waals surface area contributed by atoms with Crippen molar-refractivity contribution in [1.82, 2.24) is 15.1 Å². The van der Waals surface area contributed by atoms with Crippen LogP contribution in [0, 0.1) is 23.1 Å². The number of allylic oxidation sites excluding steroid dienone is 3. The predicted octanol–water partition coefficient (Wildman–Crippen LogP) is 3.00. The fraction of sp³-hybridized carbons (Fsp3) is 0.542. The van der Waals surface area contributed by atoms with Crippen molar-refractivity contribution >= 4 is 5.57 Å². The quantitative estimate of drug-likeness (QED) is 0.809. The number of nitrogens with zero attached hydrogens (tertiary/aromatic N) is 3. The van der Waals surface area contributed by atoms with Crippen molar-refractivity contribution in [2.45, 2.75) is 25.9 Å². The summed E-state index contributed by atoms with van der Waals surface area (Å²) in [5.41, 5.74) is 3.23. The van der Waals surface area contributed by atoms with Crippen LogP contribution in [0.5, 0.6) is 0 Å². The van der Waals surface area contributed by atoms with Crippen LogP contribution in [-0.4, -0.2) is 68.3 Å². The number of hydrogen-bond acceptors (Lipinski definition) is 5. The maximum atomic E-state index is 14.4. The molecule has 1 N–H and O–H groups in total. The Labute approximate surface area is 178 Å². The molecular weight excluding hydrogens is 379 g/mol. The van der Waals surface area contributed by atoms with Gasteiger partial charge in [-0.25, -0.2) is 4.39 Å². The molecule has 1 aliphatic carbocycles. The smallest absolute Gasteiger partial charge is 0.141 e. The van der Waals surface area contributed by atoms with Crippen molar-refractivity contribution in [3.05, 3.63) is 53.0 Å². The van der Waals surface area contributed by atoms with Crippen molar-refractivity contribution in [3.8, 4) is 6.07 Å². The zero-order chi connectivity index (χ0) is 20.9. The maximum Gasteiger partial charge on any atom is 0.141 e. The lowest BCUT2D eigenvalue weighted by Crippen LogP contribution is -2.46. The Hall–Kier alpha value is -2.20. The van der Waals surface area contributed by atoms with E-state index in [-0.39, 0.29) is 11.7 Å². The van der Waals surface area contributed by atoms with E-state index >= 15 is 0 Å². The number of ether oxygens (including phenoxy) is 1. The van der Waals surface area contributed by atoms with Crippen molar-refractivity contribution in [2.24, 2.45) is 5.92 Å². The zero-order valence-corrected chi connectivity index (χ0v) is 17.7. The van der Waals surface area contributed by atoms with Gasteiger partial charge in [0.25, 0.3) is 0 Å². The molecule has 5 nitrogen and oxygen atoms in total. The molecule has 1 aromatic carbocycles. The average Bonchev–Trinajstić information content (AvgIpc) is 2.80. The number of morpholine rings is 1. The SMILES string of the molecule is CCN1CCN(C2=CCC(CC3CNCCO3)C=C2c2ccc(C#N)c(F)c2)CC1. The highest BCUT2D eigenvalue weighted by molar-refractivity contribution is 5.80. The first kappa shape index (κ1) is 21.0. The van der Waals surface area contributed by atoms with Crippen molar-refractivity contribution in [1.29, 1.82) is 5.26 Å². The molecule has 0 bridgehead atoms. The topological polar surface area (TPSA) is 51.5 Å². The van der Waals surface area contributed by atoms with Crippen molar-refractivity contribution < 1.29 is 9.13 Å². The molecular formula is C24H31FN4O. The molecule has 0 radical (unpaired) electrons. The Balaban J connectivity index is 1.58. The fourth-order valence-electron chi connectivity index (χ4n) is 4.66. The number of hydrogen-bond donors (Lipinski definition) is 1. The van der Waals surface area contributed by atoms with Gasteiger partial charge in [-0.15, -0.1) is 0 Å². The van der Waals surface area contributed by atoms with Gasteiger partial charge in [0.05, 0.1) is 18.3 Å². The Kier molecular flexibility index (Phi) is 6.83. The van der Waals surface area contributed by atoms with E-state index in [1.807, 2.05) is 12.1 Å². The van der Waals surface area contributed by atoms with Crippen molar-refractivity contribution in [3.63, 3.8) is 0 Å². The number of benzene rings is 1. The van der Waals surface area contributed by atoms with Gasteiger partial charge in [-0.2, -0.15) is 5.26 Å². The number of halogens is 1. The first-order valence-electron chi connectivity index (χ1n) is 11.1. The Morgan fingerprint density at radius 2 is 2.10 bits per heavy atom. The number of likely N-dealkylation sites (N-methyl/N-ethyl adjacent to an activating group) is 1. The molecule has 0 aromatic heterocycles. The molecule has 2 aliphatic heterocycles. The summed E-state index contributed by atoms with van der Waals surface area (Å²) >= 11 is 0. The molecule has 1 aromatic rings. The predicted molar refractivity (Wildman–Crippen MR) is 116 cm³/mol. The van der Waals surface area contributed by atoms with Gasteiger partial charge in [0, 0.05) is 50.5 Å². The third-order valence-corrected chi connectivity index (χ3v) is 6.42. The fourth-order valence-corrected chi connectivity index (χ4v) is 4.66. The van der Waals surface area contributed by atoms with Crippen LogP contribution in [0.15, 0.2) is 36.0 Å². The molecule has 4 rings (SSSR count). The lowest BCUT2D eigenvalue weighted by molar-refractivity contribution is 0.0171. The molecule has 30 heavy (non-hydrogen) atoms. The van der Waals surface area contributed by atoms with Gasteiger partial charge < -0.3 is 19.9 Å². The monoisotopic (exact) mass is 410 g/mol. The molecule has 160 valence electrons. The van der Waals surface area contributed by atoms with Crippen LogP contribution in [-0.2, 0) is 4.74 Å². The maximum absolute atomic E-state index is 14.4. The summed E-state index contributed by atoms with van der Waals surface area (Å²) in [5, 5.41) is 12.5. The summed E-state index contributed by atoms with van der Waals surface area (Å²) in [5.74, 6) is -0.0859. The van der Waals surface area contributed by atoms with Gasteiger partial charge >= 0.3 is 0 Å². The van der Waals surface area contributed by atoms with E-state index in [4.69, 9.17) is 10.00 Å². The summed E-state index contributed by atoms with van der Waals surface area (Å²) in [7, 11) is 0. The highest BCUT2D eigenvalue weighted by Gasteiger charge is 2.27. The van der Waals surface area contributed by atoms with E-state index in [0.717, 1.165) is 76.4 Å². The summed E-state index contributed by atoms with van der Waals surface area (Å²) in [6, 6.07) is 6.91. The lowest BCUT2D eigenvalue weighted by atomic mass is 9.85. The second kappa shape index (κ2) is 9.74. The van der Waals surface area contributed by atoms with Gasteiger partial charge in [0.15, 0.2) is 0 Å². The van der Waals surface area contributed by atoms with Crippen LogP contribution in [0.1, 0.15) is 30.9 Å². The van der Waals surface area contributed by atoms with E-state index in [9.17, 15) is 4.39 Å². The minimum absolute atomic E-state index is 0.0930.